The third-order valence-corrected chi connectivity index (χ3v) is 4.72. The van der Waals surface area contributed by atoms with Crippen molar-refractivity contribution < 1.29 is 14.6 Å². The SMILES string of the molecule is Cc1ncsc1CCC(CO)(CO)c1ccccc1F. The molecule has 0 saturated heterocycles. The van der Waals surface area contributed by atoms with Crippen molar-refractivity contribution in [1.82, 2.24) is 4.98 Å². The molecule has 2 rings (SSSR count). The van der Waals surface area contributed by atoms with Crippen molar-refractivity contribution in [3.63, 3.8) is 0 Å². The summed E-state index contributed by atoms with van der Waals surface area (Å²) in [5.74, 6) is -0.392. The van der Waals surface area contributed by atoms with Crippen LogP contribution in [0.3, 0.4) is 0 Å². The highest BCUT2D eigenvalue weighted by molar-refractivity contribution is 7.09. The van der Waals surface area contributed by atoms with E-state index < -0.39 is 11.2 Å². The Morgan fingerprint density at radius 2 is 1.95 bits per heavy atom. The van der Waals surface area contributed by atoms with Gasteiger partial charge in [0.15, 0.2) is 0 Å². The number of thiazole rings is 1. The van der Waals surface area contributed by atoms with Gasteiger partial charge < -0.3 is 10.2 Å². The second kappa shape index (κ2) is 6.43. The number of benzene rings is 1. The van der Waals surface area contributed by atoms with Gasteiger partial charge in [-0.3, -0.25) is 0 Å². The first-order valence-corrected chi connectivity index (χ1v) is 7.36. The lowest BCUT2D eigenvalue weighted by Crippen LogP contribution is -2.36. The second-order valence-electron chi connectivity index (χ2n) is 4.94. The molecule has 0 unspecified atom stereocenters. The number of halogens is 1. The quantitative estimate of drug-likeness (QED) is 0.860. The van der Waals surface area contributed by atoms with Crippen molar-refractivity contribution >= 4 is 11.3 Å². The highest BCUT2D eigenvalue weighted by Crippen LogP contribution is 2.32. The smallest absolute Gasteiger partial charge is 0.127 e. The average molecular weight is 295 g/mol. The van der Waals surface area contributed by atoms with Crippen LogP contribution < -0.4 is 0 Å². The van der Waals surface area contributed by atoms with Gasteiger partial charge in [0, 0.05) is 10.3 Å². The topological polar surface area (TPSA) is 53.4 Å². The molecule has 2 N–H and O–H groups in total. The Morgan fingerprint density at radius 1 is 1.25 bits per heavy atom. The van der Waals surface area contributed by atoms with Crippen molar-refractivity contribution in [2.45, 2.75) is 25.2 Å². The molecule has 0 atom stereocenters. The first kappa shape index (κ1) is 15.1. The van der Waals surface area contributed by atoms with Crippen LogP contribution in [-0.4, -0.2) is 28.4 Å². The van der Waals surface area contributed by atoms with Crippen molar-refractivity contribution in [3.05, 3.63) is 51.7 Å². The van der Waals surface area contributed by atoms with E-state index in [-0.39, 0.29) is 13.2 Å². The van der Waals surface area contributed by atoms with Gasteiger partial charge >= 0.3 is 0 Å². The van der Waals surface area contributed by atoms with E-state index in [4.69, 9.17) is 0 Å². The average Bonchev–Trinajstić information content (AvgIpc) is 2.87. The summed E-state index contributed by atoms with van der Waals surface area (Å²) in [7, 11) is 0. The van der Waals surface area contributed by atoms with Gasteiger partial charge in [0.2, 0.25) is 0 Å². The molecule has 108 valence electrons. The number of rotatable bonds is 6. The molecule has 2 aromatic rings. The van der Waals surface area contributed by atoms with Gasteiger partial charge in [-0.15, -0.1) is 11.3 Å². The molecule has 0 bridgehead atoms. The zero-order chi connectivity index (χ0) is 14.6. The minimum Gasteiger partial charge on any atom is -0.395 e. The Kier molecular flexibility index (Phi) is 4.86. The monoisotopic (exact) mass is 295 g/mol. The normalized spacial score (nSPS) is 11.8. The molecule has 5 heteroatoms. The van der Waals surface area contributed by atoms with Gasteiger partial charge in [-0.1, -0.05) is 18.2 Å². The molecule has 0 radical (unpaired) electrons. The lowest BCUT2D eigenvalue weighted by atomic mass is 9.77. The van der Waals surface area contributed by atoms with E-state index >= 15 is 0 Å². The van der Waals surface area contributed by atoms with E-state index in [0.29, 0.717) is 18.4 Å². The third-order valence-electron chi connectivity index (χ3n) is 3.73. The minimum absolute atomic E-state index is 0.289. The Balaban J connectivity index is 2.26. The van der Waals surface area contributed by atoms with E-state index in [1.165, 1.54) is 6.07 Å². The second-order valence-corrected chi connectivity index (χ2v) is 5.88. The number of aromatic nitrogens is 1. The van der Waals surface area contributed by atoms with E-state index in [9.17, 15) is 14.6 Å². The van der Waals surface area contributed by atoms with E-state index in [1.807, 2.05) is 6.92 Å². The Bertz CT molecular complexity index is 567. The first-order valence-electron chi connectivity index (χ1n) is 6.48. The fraction of sp³-hybridized carbons (Fsp3) is 0.400. The summed E-state index contributed by atoms with van der Waals surface area (Å²) >= 11 is 1.54. The molecule has 0 fully saturated rings. The number of nitrogens with zero attached hydrogens (tertiary/aromatic N) is 1. The summed E-state index contributed by atoms with van der Waals surface area (Å²) in [5.41, 5.74) is 2.13. The van der Waals surface area contributed by atoms with Crippen LogP contribution in [0.4, 0.5) is 4.39 Å². The summed E-state index contributed by atoms with van der Waals surface area (Å²) in [6.45, 7) is 1.35. The van der Waals surface area contributed by atoms with Crippen molar-refractivity contribution in [2.75, 3.05) is 13.2 Å². The molecule has 0 spiro atoms. The van der Waals surface area contributed by atoms with Crippen molar-refractivity contribution in [2.24, 2.45) is 0 Å². The Morgan fingerprint density at radius 3 is 2.50 bits per heavy atom. The van der Waals surface area contributed by atoms with Crippen LogP contribution in [0.1, 0.15) is 22.6 Å². The highest BCUT2D eigenvalue weighted by Gasteiger charge is 2.33. The standard InChI is InChI=1S/C15H18FNO2S/c1-11-14(20-10-17-11)6-7-15(8-18,9-19)12-4-2-3-5-13(12)16/h2-5,10,18-19H,6-9H2,1H3. The van der Waals surface area contributed by atoms with Crippen LogP contribution in [-0.2, 0) is 11.8 Å². The molecule has 0 amide bonds. The van der Waals surface area contributed by atoms with Gasteiger partial charge in [-0.25, -0.2) is 9.37 Å². The van der Waals surface area contributed by atoms with Gasteiger partial charge in [0.25, 0.3) is 0 Å². The largest absolute Gasteiger partial charge is 0.395 e. The van der Waals surface area contributed by atoms with Gasteiger partial charge in [0.05, 0.1) is 24.4 Å². The van der Waals surface area contributed by atoms with Crippen LogP contribution in [0, 0.1) is 12.7 Å². The summed E-state index contributed by atoms with van der Waals surface area (Å²) in [6.07, 6.45) is 1.13. The summed E-state index contributed by atoms with van der Waals surface area (Å²) in [6, 6.07) is 6.30. The fourth-order valence-electron chi connectivity index (χ4n) is 2.32. The van der Waals surface area contributed by atoms with Gasteiger partial charge in [-0.2, -0.15) is 0 Å². The summed E-state index contributed by atoms with van der Waals surface area (Å²) in [4.78, 5) is 5.28. The van der Waals surface area contributed by atoms with Crippen molar-refractivity contribution in [1.29, 1.82) is 0 Å². The number of aliphatic hydroxyl groups excluding tert-OH is 2. The lowest BCUT2D eigenvalue weighted by Gasteiger charge is -2.30. The first-order chi connectivity index (χ1) is 9.63. The Hall–Kier alpha value is -1.30. The van der Waals surface area contributed by atoms with Crippen LogP contribution >= 0.6 is 11.3 Å². The summed E-state index contributed by atoms with van der Waals surface area (Å²) in [5, 5.41) is 19.4. The molecule has 0 aliphatic rings. The van der Waals surface area contributed by atoms with E-state index in [2.05, 4.69) is 4.98 Å². The molecule has 1 aromatic heterocycles. The minimum atomic E-state index is -0.957. The van der Waals surface area contributed by atoms with E-state index in [0.717, 1.165) is 10.6 Å². The molecule has 0 saturated carbocycles. The molecule has 3 nitrogen and oxygen atoms in total. The van der Waals surface area contributed by atoms with Gasteiger partial charge in [-0.05, 0) is 31.4 Å². The predicted molar refractivity (Wildman–Crippen MR) is 77.4 cm³/mol. The maximum Gasteiger partial charge on any atom is 0.127 e. The zero-order valence-corrected chi connectivity index (χ0v) is 12.2. The van der Waals surface area contributed by atoms with Crippen molar-refractivity contribution in [3.8, 4) is 0 Å². The number of hydrogen-bond donors (Lipinski definition) is 2. The third kappa shape index (κ3) is 2.90. The number of aliphatic hydroxyl groups is 2. The van der Waals surface area contributed by atoms with E-state index in [1.54, 1.807) is 35.0 Å². The maximum atomic E-state index is 14.0. The van der Waals surface area contributed by atoms with Crippen LogP contribution in [0.5, 0.6) is 0 Å². The Labute approximate surface area is 121 Å². The van der Waals surface area contributed by atoms with Crippen LogP contribution in [0.2, 0.25) is 0 Å². The lowest BCUT2D eigenvalue weighted by molar-refractivity contribution is 0.107. The number of hydrogen-bond acceptors (Lipinski definition) is 4. The molecule has 0 aliphatic carbocycles. The molecule has 1 aromatic carbocycles. The van der Waals surface area contributed by atoms with Crippen LogP contribution in [0.25, 0.3) is 0 Å². The molecular formula is C15H18FNO2S. The highest BCUT2D eigenvalue weighted by atomic mass is 32.1. The molecule has 0 aliphatic heterocycles. The maximum absolute atomic E-state index is 14.0. The number of aryl methyl sites for hydroxylation is 2. The van der Waals surface area contributed by atoms with Crippen LogP contribution in [0.15, 0.2) is 29.8 Å². The molecule has 20 heavy (non-hydrogen) atoms. The summed E-state index contributed by atoms with van der Waals surface area (Å²) < 4.78 is 14.0. The molecular weight excluding hydrogens is 277 g/mol. The fourth-order valence-corrected chi connectivity index (χ4v) is 3.10. The van der Waals surface area contributed by atoms with Gasteiger partial charge in [0.1, 0.15) is 5.82 Å². The molecule has 1 heterocycles. The zero-order valence-electron chi connectivity index (χ0n) is 11.3. The predicted octanol–water partition coefficient (Wildman–Crippen LogP) is 2.45.